The molecule has 0 amide bonds. The number of likely N-dealkylation sites (N-methyl/N-ethyl adjacent to an activating group) is 1. The average molecular weight is 267 g/mol. The second-order valence-corrected chi connectivity index (χ2v) is 4.04. The molecule has 5 heteroatoms. The zero-order chi connectivity index (χ0) is 14.1. The first-order chi connectivity index (χ1) is 9.17. The molecule has 1 aromatic carbocycles. The molecule has 0 atom stereocenters. The first-order valence-electron chi connectivity index (χ1n) is 6.27. The highest BCUT2D eigenvalue weighted by atomic mass is 16.5. The van der Waals surface area contributed by atoms with Crippen LogP contribution in [0.25, 0.3) is 0 Å². The second-order valence-electron chi connectivity index (χ2n) is 4.04. The molecule has 1 rings (SSSR count). The SMILES string of the molecule is CCOc1ccccc1OCCN(C)CC(=O)OC. The first kappa shape index (κ1) is 15.3. The van der Waals surface area contributed by atoms with Gasteiger partial charge >= 0.3 is 5.97 Å². The van der Waals surface area contributed by atoms with Crippen molar-refractivity contribution in [2.75, 3.05) is 40.5 Å². The Kier molecular flexibility index (Phi) is 6.74. The van der Waals surface area contributed by atoms with E-state index in [0.717, 1.165) is 11.5 Å². The Morgan fingerprint density at radius 1 is 1.21 bits per heavy atom. The fourth-order valence-electron chi connectivity index (χ4n) is 1.52. The summed E-state index contributed by atoms with van der Waals surface area (Å²) in [5.74, 6) is 1.20. The van der Waals surface area contributed by atoms with Crippen LogP contribution in [-0.4, -0.2) is 51.3 Å². The third-order valence-electron chi connectivity index (χ3n) is 2.51. The van der Waals surface area contributed by atoms with Crippen molar-refractivity contribution in [1.82, 2.24) is 4.90 Å². The van der Waals surface area contributed by atoms with Gasteiger partial charge in [-0.1, -0.05) is 12.1 Å². The summed E-state index contributed by atoms with van der Waals surface area (Å²) in [6.45, 7) is 3.91. The van der Waals surface area contributed by atoms with Gasteiger partial charge in [-0.05, 0) is 26.1 Å². The van der Waals surface area contributed by atoms with Gasteiger partial charge in [0.25, 0.3) is 0 Å². The molecule has 0 fully saturated rings. The summed E-state index contributed by atoms with van der Waals surface area (Å²) in [7, 11) is 3.22. The van der Waals surface area contributed by atoms with E-state index in [9.17, 15) is 4.79 Å². The molecule has 0 spiro atoms. The number of nitrogens with zero attached hydrogens (tertiary/aromatic N) is 1. The third-order valence-corrected chi connectivity index (χ3v) is 2.51. The van der Waals surface area contributed by atoms with Crippen LogP contribution in [0.15, 0.2) is 24.3 Å². The van der Waals surface area contributed by atoms with Gasteiger partial charge in [0, 0.05) is 6.54 Å². The van der Waals surface area contributed by atoms with E-state index in [0.29, 0.717) is 19.8 Å². The molecule has 19 heavy (non-hydrogen) atoms. The van der Waals surface area contributed by atoms with Gasteiger partial charge in [-0.3, -0.25) is 9.69 Å². The normalized spacial score (nSPS) is 10.3. The number of benzene rings is 1. The maximum Gasteiger partial charge on any atom is 0.319 e. The zero-order valence-electron chi connectivity index (χ0n) is 11.7. The Hall–Kier alpha value is -1.75. The molecular weight excluding hydrogens is 246 g/mol. The molecule has 5 nitrogen and oxygen atoms in total. The Morgan fingerprint density at radius 3 is 2.42 bits per heavy atom. The summed E-state index contributed by atoms with van der Waals surface area (Å²) >= 11 is 0. The van der Waals surface area contributed by atoms with Gasteiger partial charge < -0.3 is 14.2 Å². The largest absolute Gasteiger partial charge is 0.490 e. The number of hydrogen-bond acceptors (Lipinski definition) is 5. The van der Waals surface area contributed by atoms with Crippen LogP contribution in [0.5, 0.6) is 11.5 Å². The van der Waals surface area contributed by atoms with E-state index >= 15 is 0 Å². The third kappa shape index (κ3) is 5.61. The highest BCUT2D eigenvalue weighted by Gasteiger charge is 2.07. The molecule has 0 aliphatic heterocycles. The van der Waals surface area contributed by atoms with Crippen molar-refractivity contribution in [1.29, 1.82) is 0 Å². The molecule has 0 aliphatic rings. The van der Waals surface area contributed by atoms with E-state index in [1.807, 2.05) is 43.1 Å². The predicted molar refractivity (Wildman–Crippen MR) is 72.6 cm³/mol. The molecule has 0 saturated carbocycles. The van der Waals surface area contributed by atoms with Crippen molar-refractivity contribution < 1.29 is 19.0 Å². The quantitative estimate of drug-likeness (QED) is 0.669. The lowest BCUT2D eigenvalue weighted by Gasteiger charge is -2.16. The topological polar surface area (TPSA) is 48.0 Å². The van der Waals surface area contributed by atoms with Gasteiger partial charge in [-0.2, -0.15) is 0 Å². The molecule has 0 bridgehead atoms. The van der Waals surface area contributed by atoms with Crippen LogP contribution >= 0.6 is 0 Å². The van der Waals surface area contributed by atoms with Crippen LogP contribution in [0.2, 0.25) is 0 Å². The van der Waals surface area contributed by atoms with Crippen LogP contribution in [-0.2, 0) is 9.53 Å². The van der Waals surface area contributed by atoms with Gasteiger partial charge in [-0.15, -0.1) is 0 Å². The van der Waals surface area contributed by atoms with Crippen LogP contribution in [0, 0.1) is 0 Å². The number of ether oxygens (including phenoxy) is 3. The van der Waals surface area contributed by atoms with Crippen LogP contribution in [0.3, 0.4) is 0 Å². The van der Waals surface area contributed by atoms with Crippen LogP contribution in [0.4, 0.5) is 0 Å². The number of esters is 1. The molecule has 0 heterocycles. The molecule has 0 aromatic heterocycles. The Labute approximate surface area is 114 Å². The molecule has 1 aromatic rings. The number of rotatable bonds is 8. The monoisotopic (exact) mass is 267 g/mol. The smallest absolute Gasteiger partial charge is 0.319 e. The standard InChI is InChI=1S/C14H21NO4/c1-4-18-12-7-5-6-8-13(12)19-10-9-15(2)11-14(16)17-3/h5-8H,4,9-11H2,1-3H3. The maximum absolute atomic E-state index is 11.1. The Morgan fingerprint density at radius 2 is 1.84 bits per heavy atom. The van der Waals surface area contributed by atoms with E-state index in [-0.39, 0.29) is 12.5 Å². The minimum atomic E-state index is -0.253. The number of para-hydroxylation sites is 2. The van der Waals surface area contributed by atoms with E-state index in [1.165, 1.54) is 7.11 Å². The summed E-state index contributed by atoms with van der Waals surface area (Å²) in [4.78, 5) is 12.9. The lowest BCUT2D eigenvalue weighted by atomic mass is 10.3. The second kappa shape index (κ2) is 8.37. The number of hydrogen-bond donors (Lipinski definition) is 0. The van der Waals surface area contributed by atoms with Gasteiger partial charge in [0.05, 0.1) is 20.3 Å². The van der Waals surface area contributed by atoms with E-state index in [4.69, 9.17) is 9.47 Å². The van der Waals surface area contributed by atoms with Crippen molar-refractivity contribution in [3.8, 4) is 11.5 Å². The Balaban J connectivity index is 2.38. The first-order valence-corrected chi connectivity index (χ1v) is 6.27. The molecule has 0 unspecified atom stereocenters. The van der Waals surface area contributed by atoms with E-state index in [1.54, 1.807) is 0 Å². The van der Waals surface area contributed by atoms with Gasteiger partial charge in [-0.25, -0.2) is 0 Å². The molecule has 106 valence electrons. The lowest BCUT2D eigenvalue weighted by molar-refractivity contribution is -0.141. The van der Waals surface area contributed by atoms with Gasteiger partial charge in [0.1, 0.15) is 6.61 Å². The van der Waals surface area contributed by atoms with Crippen molar-refractivity contribution in [2.24, 2.45) is 0 Å². The number of carbonyl (C=O) groups is 1. The summed E-state index contributed by atoms with van der Waals surface area (Å²) in [5, 5.41) is 0. The molecule has 0 aliphatic carbocycles. The fraction of sp³-hybridized carbons (Fsp3) is 0.500. The maximum atomic E-state index is 11.1. The van der Waals surface area contributed by atoms with E-state index < -0.39 is 0 Å². The highest BCUT2D eigenvalue weighted by molar-refractivity contribution is 5.71. The highest BCUT2D eigenvalue weighted by Crippen LogP contribution is 2.26. The van der Waals surface area contributed by atoms with Crippen molar-refractivity contribution in [3.05, 3.63) is 24.3 Å². The van der Waals surface area contributed by atoms with Crippen molar-refractivity contribution in [2.45, 2.75) is 6.92 Å². The minimum Gasteiger partial charge on any atom is -0.490 e. The molecular formula is C14H21NO4. The average Bonchev–Trinajstić information content (AvgIpc) is 2.41. The van der Waals surface area contributed by atoms with Gasteiger partial charge in [0.2, 0.25) is 0 Å². The molecule has 0 N–H and O–H groups in total. The van der Waals surface area contributed by atoms with Crippen molar-refractivity contribution >= 4 is 5.97 Å². The van der Waals surface area contributed by atoms with Crippen LogP contribution < -0.4 is 9.47 Å². The fourth-order valence-corrected chi connectivity index (χ4v) is 1.52. The zero-order valence-corrected chi connectivity index (χ0v) is 11.7. The summed E-state index contributed by atoms with van der Waals surface area (Å²) < 4.78 is 15.7. The predicted octanol–water partition coefficient (Wildman–Crippen LogP) is 1.57. The van der Waals surface area contributed by atoms with Crippen LogP contribution in [0.1, 0.15) is 6.92 Å². The van der Waals surface area contributed by atoms with Gasteiger partial charge in [0.15, 0.2) is 11.5 Å². The van der Waals surface area contributed by atoms with E-state index in [2.05, 4.69) is 4.74 Å². The minimum absolute atomic E-state index is 0.253. The lowest BCUT2D eigenvalue weighted by Crippen LogP contribution is -2.30. The number of methoxy groups -OCH3 is 1. The summed E-state index contributed by atoms with van der Waals surface area (Å²) in [6, 6.07) is 7.54. The molecule has 0 radical (unpaired) electrons. The van der Waals surface area contributed by atoms with Crippen molar-refractivity contribution in [3.63, 3.8) is 0 Å². The Bertz CT molecular complexity index is 395. The summed E-state index contributed by atoms with van der Waals surface area (Å²) in [5.41, 5.74) is 0. The number of carbonyl (C=O) groups excluding carboxylic acids is 1. The molecule has 0 saturated heterocycles. The summed E-state index contributed by atoms with van der Waals surface area (Å²) in [6.07, 6.45) is 0.